The second-order valence-electron chi connectivity index (χ2n) is 6.70. The van der Waals surface area contributed by atoms with Crippen LogP contribution in [0.1, 0.15) is 16.1 Å². The molecule has 0 bridgehead atoms. The number of aryl methyl sites for hydroxylation is 1. The lowest BCUT2D eigenvalue weighted by Crippen LogP contribution is -2.38. The zero-order valence-corrected chi connectivity index (χ0v) is 18.0. The van der Waals surface area contributed by atoms with Crippen molar-refractivity contribution >= 4 is 39.3 Å². The van der Waals surface area contributed by atoms with Gasteiger partial charge < -0.3 is 14.8 Å². The summed E-state index contributed by atoms with van der Waals surface area (Å²) in [6, 6.07) is 8.43. The Hall–Kier alpha value is -2.30. The van der Waals surface area contributed by atoms with Gasteiger partial charge in [0.05, 0.1) is 6.42 Å². The molecule has 2 amide bonds. The van der Waals surface area contributed by atoms with Gasteiger partial charge in [-0.3, -0.25) is 9.59 Å². The van der Waals surface area contributed by atoms with Gasteiger partial charge in [0, 0.05) is 43.5 Å². The lowest BCUT2D eigenvalue weighted by molar-refractivity contribution is -0.130. The highest BCUT2D eigenvalue weighted by atomic mass is 32.2. The van der Waals surface area contributed by atoms with Crippen molar-refractivity contribution in [2.24, 2.45) is 7.05 Å². The number of benzene rings is 1. The number of carbonyl (C=O) groups excluding carboxylic acids is 2. The van der Waals surface area contributed by atoms with Crippen LogP contribution in [0.3, 0.4) is 0 Å². The molecular formula is C19H24N4O4S2. The third-order valence-corrected chi connectivity index (χ3v) is 7.05. The summed E-state index contributed by atoms with van der Waals surface area (Å²) in [4.78, 5) is 26.8. The molecule has 156 valence electrons. The van der Waals surface area contributed by atoms with Gasteiger partial charge in [0.15, 0.2) is 0 Å². The molecule has 0 radical (unpaired) electrons. The van der Waals surface area contributed by atoms with Crippen molar-refractivity contribution in [3.8, 4) is 0 Å². The van der Waals surface area contributed by atoms with Gasteiger partial charge in [0.1, 0.15) is 10.6 Å². The Labute approximate surface area is 174 Å². The number of hydrogen-bond acceptors (Lipinski definition) is 5. The molecule has 0 atom stereocenters. The Morgan fingerprint density at radius 1 is 1.14 bits per heavy atom. The van der Waals surface area contributed by atoms with E-state index in [2.05, 4.69) is 10.0 Å². The van der Waals surface area contributed by atoms with Gasteiger partial charge in [-0.1, -0.05) is 12.1 Å². The van der Waals surface area contributed by atoms with Gasteiger partial charge in [0.25, 0.3) is 5.91 Å². The standard InChI is InChI=1S/C19H24N4O4S2/c1-20-29(26,27)16-12-17(22(2)13-16)19(25)21-15-5-3-14(4-6-15)11-18(24)23-7-9-28-10-8-23/h3-6,12-13,20H,7-11H2,1-2H3,(H,21,25). The topological polar surface area (TPSA) is 101 Å². The van der Waals surface area contributed by atoms with E-state index in [1.807, 2.05) is 28.8 Å². The number of aromatic nitrogens is 1. The summed E-state index contributed by atoms with van der Waals surface area (Å²) in [5, 5.41) is 2.75. The van der Waals surface area contributed by atoms with E-state index in [-0.39, 0.29) is 16.5 Å². The number of hydrogen-bond donors (Lipinski definition) is 2. The van der Waals surface area contributed by atoms with E-state index in [1.54, 1.807) is 19.2 Å². The Kier molecular flexibility index (Phi) is 6.66. The number of anilines is 1. The summed E-state index contributed by atoms with van der Waals surface area (Å²) in [5.74, 6) is 1.66. The second-order valence-corrected chi connectivity index (χ2v) is 9.81. The highest BCUT2D eigenvalue weighted by Gasteiger charge is 2.20. The Bertz CT molecular complexity index is 994. The fraction of sp³-hybridized carbons (Fsp3) is 0.368. The highest BCUT2D eigenvalue weighted by Crippen LogP contribution is 2.17. The molecule has 8 nitrogen and oxygen atoms in total. The van der Waals surface area contributed by atoms with E-state index in [1.165, 1.54) is 23.9 Å². The SMILES string of the molecule is CNS(=O)(=O)c1cc(C(=O)Nc2ccc(CC(=O)N3CCSCC3)cc2)n(C)c1. The second kappa shape index (κ2) is 9.02. The highest BCUT2D eigenvalue weighted by molar-refractivity contribution is 7.99. The molecule has 2 heterocycles. The quantitative estimate of drug-likeness (QED) is 0.711. The molecule has 2 N–H and O–H groups in total. The van der Waals surface area contributed by atoms with Crippen LogP contribution in [0.4, 0.5) is 5.69 Å². The number of nitrogens with zero attached hydrogens (tertiary/aromatic N) is 2. The maximum absolute atomic E-state index is 12.5. The van der Waals surface area contributed by atoms with Crippen LogP contribution in [-0.4, -0.2) is 61.3 Å². The third-order valence-electron chi connectivity index (χ3n) is 4.72. The molecule has 2 aromatic rings. The van der Waals surface area contributed by atoms with E-state index in [4.69, 9.17) is 0 Å². The van der Waals surface area contributed by atoms with E-state index >= 15 is 0 Å². The minimum absolute atomic E-state index is 0.0256. The van der Waals surface area contributed by atoms with Crippen LogP contribution in [0, 0.1) is 0 Å². The van der Waals surface area contributed by atoms with Gasteiger partial charge in [-0.15, -0.1) is 0 Å². The van der Waals surface area contributed by atoms with Crippen LogP contribution in [0.2, 0.25) is 0 Å². The molecule has 29 heavy (non-hydrogen) atoms. The van der Waals surface area contributed by atoms with Crippen LogP contribution in [-0.2, 0) is 28.3 Å². The summed E-state index contributed by atoms with van der Waals surface area (Å²) in [5.41, 5.74) is 1.67. The van der Waals surface area contributed by atoms with Crippen LogP contribution < -0.4 is 10.0 Å². The van der Waals surface area contributed by atoms with Crippen LogP contribution in [0.15, 0.2) is 41.4 Å². The normalized spacial score (nSPS) is 14.6. The van der Waals surface area contributed by atoms with Crippen molar-refractivity contribution in [2.75, 3.05) is 37.0 Å². The molecular weight excluding hydrogens is 412 g/mol. The van der Waals surface area contributed by atoms with Crippen LogP contribution >= 0.6 is 11.8 Å². The molecule has 0 spiro atoms. The summed E-state index contributed by atoms with van der Waals surface area (Å²) in [6.07, 6.45) is 1.72. The lowest BCUT2D eigenvalue weighted by atomic mass is 10.1. The number of amides is 2. The maximum atomic E-state index is 12.5. The zero-order chi connectivity index (χ0) is 21.0. The molecule has 1 aliphatic rings. The third kappa shape index (κ3) is 5.20. The van der Waals surface area contributed by atoms with Crippen molar-refractivity contribution in [2.45, 2.75) is 11.3 Å². The summed E-state index contributed by atoms with van der Waals surface area (Å²) in [6.45, 7) is 1.58. The average Bonchev–Trinajstić information content (AvgIpc) is 3.13. The minimum atomic E-state index is -3.62. The van der Waals surface area contributed by atoms with Gasteiger partial charge in [-0.2, -0.15) is 11.8 Å². The zero-order valence-electron chi connectivity index (χ0n) is 16.3. The summed E-state index contributed by atoms with van der Waals surface area (Å²) >= 11 is 1.86. The molecule has 1 aliphatic heterocycles. The minimum Gasteiger partial charge on any atom is -0.345 e. The predicted octanol–water partition coefficient (Wildman–Crippen LogP) is 1.30. The Balaban J connectivity index is 1.64. The average molecular weight is 437 g/mol. The summed E-state index contributed by atoms with van der Waals surface area (Å²) in [7, 11) is -0.694. The number of thioether (sulfide) groups is 1. The van der Waals surface area contributed by atoms with Gasteiger partial charge in [-0.25, -0.2) is 13.1 Å². The molecule has 0 saturated carbocycles. The lowest BCUT2D eigenvalue weighted by Gasteiger charge is -2.26. The van der Waals surface area contributed by atoms with E-state index in [0.29, 0.717) is 12.1 Å². The van der Waals surface area contributed by atoms with E-state index < -0.39 is 15.9 Å². The predicted molar refractivity (Wildman–Crippen MR) is 114 cm³/mol. The van der Waals surface area contributed by atoms with Gasteiger partial charge in [0.2, 0.25) is 15.9 Å². The van der Waals surface area contributed by atoms with Crippen molar-refractivity contribution < 1.29 is 18.0 Å². The first-order chi connectivity index (χ1) is 13.8. The van der Waals surface area contributed by atoms with Gasteiger partial charge >= 0.3 is 0 Å². The summed E-state index contributed by atoms with van der Waals surface area (Å²) < 4.78 is 27.5. The van der Waals surface area contributed by atoms with Crippen molar-refractivity contribution in [1.29, 1.82) is 0 Å². The first-order valence-corrected chi connectivity index (χ1v) is 11.8. The Morgan fingerprint density at radius 3 is 2.41 bits per heavy atom. The number of nitrogens with one attached hydrogen (secondary N) is 2. The maximum Gasteiger partial charge on any atom is 0.272 e. The number of carbonyl (C=O) groups is 2. The molecule has 1 saturated heterocycles. The number of rotatable bonds is 6. The van der Waals surface area contributed by atoms with E-state index in [9.17, 15) is 18.0 Å². The van der Waals surface area contributed by atoms with Crippen LogP contribution in [0.5, 0.6) is 0 Å². The molecule has 0 unspecified atom stereocenters. The molecule has 0 aliphatic carbocycles. The monoisotopic (exact) mass is 436 g/mol. The van der Waals surface area contributed by atoms with Crippen molar-refractivity contribution in [1.82, 2.24) is 14.2 Å². The fourth-order valence-electron chi connectivity index (χ4n) is 3.03. The smallest absolute Gasteiger partial charge is 0.272 e. The fourth-order valence-corrected chi connectivity index (χ4v) is 4.73. The van der Waals surface area contributed by atoms with Crippen LogP contribution in [0.25, 0.3) is 0 Å². The first-order valence-electron chi connectivity index (χ1n) is 9.16. The molecule has 10 heteroatoms. The molecule has 1 aromatic heterocycles. The van der Waals surface area contributed by atoms with E-state index in [0.717, 1.165) is 30.2 Å². The number of sulfonamides is 1. The van der Waals surface area contributed by atoms with Crippen molar-refractivity contribution in [3.63, 3.8) is 0 Å². The largest absolute Gasteiger partial charge is 0.345 e. The first kappa shape index (κ1) is 21.4. The van der Waals surface area contributed by atoms with Crippen molar-refractivity contribution in [3.05, 3.63) is 47.8 Å². The molecule has 1 fully saturated rings. The molecule has 3 rings (SSSR count). The molecule has 1 aromatic carbocycles. The Morgan fingerprint density at radius 2 is 1.79 bits per heavy atom. The van der Waals surface area contributed by atoms with Gasteiger partial charge in [-0.05, 0) is 30.8 Å².